The summed E-state index contributed by atoms with van der Waals surface area (Å²) in [5.41, 5.74) is 1.62. The van der Waals surface area contributed by atoms with Gasteiger partial charge in [-0.3, -0.25) is 4.79 Å². The number of thiophene rings is 1. The number of hydrogen-bond acceptors (Lipinski definition) is 4. The smallest absolute Gasteiger partial charge is 0.345 e. The van der Waals surface area contributed by atoms with Gasteiger partial charge in [0.2, 0.25) is 5.91 Å². The monoisotopic (exact) mass is 454 g/mol. The van der Waals surface area contributed by atoms with Gasteiger partial charge in [-0.1, -0.05) is 19.9 Å². The number of aromatic carboxylic acids is 1. The number of carbonyl (C=O) groups is 2. The van der Waals surface area contributed by atoms with Crippen LogP contribution in [-0.2, 0) is 4.79 Å². The van der Waals surface area contributed by atoms with Gasteiger partial charge in [0.25, 0.3) is 0 Å². The third-order valence-corrected chi connectivity index (χ3v) is 9.82. The molecule has 3 saturated carbocycles. The first-order valence-electron chi connectivity index (χ1n) is 12.1. The number of carboxylic acid groups (broad SMARTS) is 1. The highest BCUT2D eigenvalue weighted by Gasteiger charge is 2.53. The largest absolute Gasteiger partial charge is 0.477 e. The average molecular weight is 455 g/mol. The molecule has 2 heterocycles. The maximum absolute atomic E-state index is 12.6. The van der Waals surface area contributed by atoms with Gasteiger partial charge in [0, 0.05) is 36.4 Å². The molecule has 4 fully saturated rings. The molecule has 6 rings (SSSR count). The fourth-order valence-corrected chi connectivity index (χ4v) is 7.44. The van der Waals surface area contributed by atoms with E-state index >= 15 is 0 Å². The minimum absolute atomic E-state index is 0.226. The second kappa shape index (κ2) is 8.36. The Morgan fingerprint density at radius 3 is 2.62 bits per heavy atom. The van der Waals surface area contributed by atoms with Crippen LogP contribution in [0.1, 0.15) is 62.0 Å². The van der Waals surface area contributed by atoms with E-state index in [-0.39, 0.29) is 5.91 Å². The van der Waals surface area contributed by atoms with Crippen LogP contribution in [0.5, 0.6) is 0 Å². The molecule has 0 radical (unpaired) electrons. The number of hydrogen-bond donors (Lipinski definition) is 2. The molecule has 2 bridgehead atoms. The van der Waals surface area contributed by atoms with Gasteiger partial charge in [-0.15, -0.1) is 11.3 Å². The van der Waals surface area contributed by atoms with E-state index in [0.29, 0.717) is 28.5 Å². The number of nitrogens with zero attached hydrogens (tertiary/aromatic N) is 1. The van der Waals surface area contributed by atoms with Crippen molar-refractivity contribution < 1.29 is 14.7 Å². The molecule has 2 aromatic rings. The molecule has 5 nitrogen and oxygen atoms in total. The number of nitrogens with one attached hydrogen (secondary N) is 1. The van der Waals surface area contributed by atoms with E-state index in [9.17, 15) is 14.7 Å². The van der Waals surface area contributed by atoms with Crippen molar-refractivity contribution in [1.29, 1.82) is 0 Å². The molecule has 1 amide bonds. The Hall–Kier alpha value is -2.08. The molecule has 3 aliphatic carbocycles. The SMILES string of the molecule is CC1(C)[C@H]2CC[C@@H](CNC(=O)CC3CCN(c4ccc5cc(C(=O)O)sc5c4)CC3)[C@@H]1C2. The molecule has 4 aliphatic rings. The van der Waals surface area contributed by atoms with Crippen LogP contribution in [0.2, 0.25) is 0 Å². The highest BCUT2D eigenvalue weighted by Crippen LogP contribution is 2.61. The number of benzene rings is 1. The summed E-state index contributed by atoms with van der Waals surface area (Å²) >= 11 is 1.33. The van der Waals surface area contributed by atoms with Crippen molar-refractivity contribution >= 4 is 39.0 Å². The van der Waals surface area contributed by atoms with Crippen LogP contribution in [0.15, 0.2) is 24.3 Å². The van der Waals surface area contributed by atoms with Crippen molar-refractivity contribution in [3.63, 3.8) is 0 Å². The maximum Gasteiger partial charge on any atom is 0.345 e. The van der Waals surface area contributed by atoms with Crippen LogP contribution in [0.25, 0.3) is 10.1 Å². The molecule has 32 heavy (non-hydrogen) atoms. The molecule has 172 valence electrons. The van der Waals surface area contributed by atoms with Gasteiger partial charge in [0.05, 0.1) is 0 Å². The van der Waals surface area contributed by atoms with Gasteiger partial charge < -0.3 is 15.3 Å². The number of fused-ring (bicyclic) bond motifs is 3. The number of anilines is 1. The summed E-state index contributed by atoms with van der Waals surface area (Å²) in [5.74, 6) is 2.17. The van der Waals surface area contributed by atoms with Crippen LogP contribution < -0.4 is 10.2 Å². The second-order valence-corrected chi connectivity index (χ2v) is 11.9. The fraction of sp³-hybridized carbons (Fsp3) is 0.615. The predicted molar refractivity (Wildman–Crippen MR) is 129 cm³/mol. The van der Waals surface area contributed by atoms with Gasteiger partial charge in [-0.05, 0) is 84.8 Å². The van der Waals surface area contributed by atoms with Gasteiger partial charge >= 0.3 is 5.97 Å². The van der Waals surface area contributed by atoms with E-state index in [1.54, 1.807) is 6.07 Å². The zero-order valence-corrected chi connectivity index (χ0v) is 19.9. The second-order valence-electron chi connectivity index (χ2n) is 10.8. The summed E-state index contributed by atoms with van der Waals surface area (Å²) in [7, 11) is 0. The Morgan fingerprint density at radius 2 is 1.94 bits per heavy atom. The lowest BCUT2D eigenvalue weighted by Gasteiger charge is -2.60. The van der Waals surface area contributed by atoms with E-state index < -0.39 is 5.97 Å². The van der Waals surface area contributed by atoms with Crippen molar-refractivity contribution in [2.24, 2.45) is 29.1 Å². The Labute approximate surface area is 194 Å². The Morgan fingerprint density at radius 1 is 1.16 bits per heavy atom. The third kappa shape index (κ3) is 4.02. The van der Waals surface area contributed by atoms with Gasteiger partial charge in [0.15, 0.2) is 0 Å². The van der Waals surface area contributed by atoms with Crippen molar-refractivity contribution in [2.45, 2.75) is 52.4 Å². The zero-order chi connectivity index (χ0) is 22.5. The first-order valence-corrected chi connectivity index (χ1v) is 12.9. The minimum Gasteiger partial charge on any atom is -0.477 e. The van der Waals surface area contributed by atoms with E-state index in [4.69, 9.17) is 0 Å². The van der Waals surface area contributed by atoms with Gasteiger partial charge in [-0.25, -0.2) is 4.79 Å². The van der Waals surface area contributed by atoms with Gasteiger partial charge in [-0.2, -0.15) is 0 Å². The number of carboxylic acids is 1. The predicted octanol–water partition coefficient (Wildman–Crippen LogP) is 5.39. The van der Waals surface area contributed by atoms with Gasteiger partial charge in [0.1, 0.15) is 4.88 Å². The number of piperidine rings is 1. The standard InChI is InChI=1S/C26H34N2O3S/c1-26(2)19-5-3-18(21(26)13-19)15-27-24(29)11-16-7-9-28(10-8-16)20-6-4-17-12-23(25(30)31)32-22(17)14-20/h4,6,12,14,16,18-19,21H,3,5,7-11,13,15H2,1-2H3,(H,27,29)(H,30,31)/t18-,19-,21-/m0/s1. The Bertz CT molecular complexity index is 1020. The minimum atomic E-state index is -0.865. The molecule has 1 saturated heterocycles. The number of carbonyl (C=O) groups excluding carboxylic acids is 1. The molecule has 1 aliphatic heterocycles. The normalized spacial score (nSPS) is 27.2. The zero-order valence-electron chi connectivity index (χ0n) is 19.1. The summed E-state index contributed by atoms with van der Waals surface area (Å²) in [5, 5.41) is 13.5. The molecular formula is C26H34N2O3S. The number of amides is 1. The van der Waals surface area contributed by atoms with E-state index in [2.05, 4.69) is 36.2 Å². The summed E-state index contributed by atoms with van der Waals surface area (Å²) in [6, 6.07) is 7.96. The summed E-state index contributed by atoms with van der Waals surface area (Å²) in [4.78, 5) is 26.6. The van der Waals surface area contributed by atoms with E-state index in [1.807, 2.05) is 6.07 Å². The maximum atomic E-state index is 12.6. The molecular weight excluding hydrogens is 420 g/mol. The van der Waals surface area contributed by atoms with Crippen molar-refractivity contribution in [1.82, 2.24) is 5.32 Å². The van der Waals surface area contributed by atoms with Crippen molar-refractivity contribution in [3.05, 3.63) is 29.1 Å². The quantitative estimate of drug-likeness (QED) is 0.614. The van der Waals surface area contributed by atoms with Crippen LogP contribution in [0.4, 0.5) is 5.69 Å². The Balaban J connectivity index is 1.10. The highest BCUT2D eigenvalue weighted by molar-refractivity contribution is 7.20. The molecule has 1 aromatic heterocycles. The lowest BCUT2D eigenvalue weighted by molar-refractivity contribution is -0.125. The third-order valence-electron chi connectivity index (χ3n) is 8.73. The topological polar surface area (TPSA) is 69.6 Å². The average Bonchev–Trinajstić information content (AvgIpc) is 3.22. The lowest BCUT2D eigenvalue weighted by atomic mass is 9.45. The molecule has 6 heteroatoms. The first kappa shape index (κ1) is 21.7. The molecule has 2 N–H and O–H groups in total. The first-order chi connectivity index (χ1) is 15.3. The molecule has 1 aromatic carbocycles. The summed E-state index contributed by atoms with van der Waals surface area (Å²) < 4.78 is 1.02. The van der Waals surface area contributed by atoms with Crippen LogP contribution in [-0.4, -0.2) is 36.6 Å². The lowest BCUT2D eigenvalue weighted by Crippen LogP contribution is -2.54. The van der Waals surface area contributed by atoms with E-state index in [1.165, 1.54) is 30.6 Å². The van der Waals surface area contributed by atoms with Crippen molar-refractivity contribution in [3.8, 4) is 0 Å². The molecule has 0 unspecified atom stereocenters. The Kier molecular flexibility index (Phi) is 5.68. The van der Waals surface area contributed by atoms with Crippen molar-refractivity contribution in [2.75, 3.05) is 24.5 Å². The summed E-state index contributed by atoms with van der Waals surface area (Å²) in [6.45, 7) is 7.57. The van der Waals surface area contributed by atoms with E-state index in [0.717, 1.165) is 60.1 Å². The number of rotatable bonds is 6. The van der Waals surface area contributed by atoms with Crippen LogP contribution in [0.3, 0.4) is 0 Å². The molecule has 3 atom stereocenters. The highest BCUT2D eigenvalue weighted by atomic mass is 32.1. The molecule has 0 spiro atoms. The fourth-order valence-electron chi connectivity index (χ4n) is 6.50. The summed E-state index contributed by atoms with van der Waals surface area (Å²) in [6.07, 6.45) is 6.66. The van der Waals surface area contributed by atoms with Crippen LogP contribution in [0, 0.1) is 29.1 Å². The van der Waals surface area contributed by atoms with Crippen LogP contribution >= 0.6 is 11.3 Å².